The van der Waals surface area contributed by atoms with Gasteiger partial charge in [-0.15, -0.1) is 23.5 Å². The summed E-state index contributed by atoms with van der Waals surface area (Å²) in [6.45, 7) is 4.43. The van der Waals surface area contributed by atoms with E-state index in [4.69, 9.17) is 4.42 Å². The van der Waals surface area contributed by atoms with Gasteiger partial charge in [-0.25, -0.2) is 0 Å². The van der Waals surface area contributed by atoms with Gasteiger partial charge in [-0.2, -0.15) is 30.3 Å². The maximum absolute atomic E-state index is 15.9. The molecule has 14 rings (SSSR count). The standard InChI is InChI=1S/C26H34OP.C24H18NO.Ir/c27-28(24-4-2-1-3-5-24,25-12-18-6-19(13-25)8-20(7-18)14-25)26-15-21-9-22(16-26)11-23(10-21)17-26;1-15(2)16-10-11-18-17(14-16)12-13-25-23(18)21-8-5-7-20-19-6-3-4-9-22(19)26-24(20)21;/h1-4,18-23H,6-17H2;3-7,9-15H,1-2H3;/q2*-1;. The second-order valence-electron chi connectivity index (χ2n) is 19.1. The van der Waals surface area contributed by atoms with Crippen molar-refractivity contribution in [2.45, 2.75) is 107 Å². The first-order valence-electron chi connectivity index (χ1n) is 21.1. The summed E-state index contributed by atoms with van der Waals surface area (Å²) in [6, 6.07) is 36.3. The summed E-state index contributed by atoms with van der Waals surface area (Å²) in [6.07, 6.45) is 18.2. The summed E-state index contributed by atoms with van der Waals surface area (Å²) in [5.41, 5.74) is 4.91. The molecule has 55 heavy (non-hydrogen) atoms. The average molecular weight is 922 g/mol. The van der Waals surface area contributed by atoms with Crippen LogP contribution >= 0.6 is 7.14 Å². The predicted octanol–water partition coefficient (Wildman–Crippen LogP) is 13.1. The molecule has 8 bridgehead atoms. The fourth-order valence-corrected chi connectivity index (χ4v) is 19.8. The van der Waals surface area contributed by atoms with Crippen molar-refractivity contribution in [3.8, 4) is 11.3 Å². The summed E-state index contributed by atoms with van der Waals surface area (Å²) in [7, 11) is -2.53. The number of fused-ring (bicyclic) bond motifs is 4. The number of rotatable bonds is 5. The molecule has 8 aliphatic carbocycles. The number of furan rings is 1. The van der Waals surface area contributed by atoms with Crippen LogP contribution in [0.3, 0.4) is 0 Å². The van der Waals surface area contributed by atoms with Crippen LogP contribution in [-0.2, 0) is 24.7 Å². The maximum atomic E-state index is 15.9. The minimum atomic E-state index is -2.53. The smallest absolute Gasteiger partial charge is 0.120 e. The average Bonchev–Trinajstić information content (AvgIpc) is 3.56. The number of hydrogen-bond acceptors (Lipinski definition) is 3. The summed E-state index contributed by atoms with van der Waals surface area (Å²) in [4.78, 5) is 4.68. The number of aromatic nitrogens is 1. The van der Waals surface area contributed by atoms with Crippen LogP contribution < -0.4 is 5.30 Å². The summed E-state index contributed by atoms with van der Waals surface area (Å²) in [5.74, 6) is 5.74. The largest absolute Gasteiger partial charge is 0.501 e. The minimum absolute atomic E-state index is 0. The van der Waals surface area contributed by atoms with E-state index in [2.05, 4.69) is 91.6 Å². The second kappa shape index (κ2) is 13.5. The Hall–Kier alpha value is -3.03. The van der Waals surface area contributed by atoms with Gasteiger partial charge in [0.25, 0.3) is 0 Å². The molecule has 2 aromatic heterocycles. The molecule has 6 aromatic rings. The van der Waals surface area contributed by atoms with Crippen LogP contribution in [0.4, 0.5) is 0 Å². The van der Waals surface area contributed by atoms with Gasteiger partial charge in [-0.3, -0.25) is 0 Å². The van der Waals surface area contributed by atoms with E-state index in [1.165, 1.54) is 93.3 Å². The molecule has 3 nitrogen and oxygen atoms in total. The van der Waals surface area contributed by atoms with E-state index in [9.17, 15) is 0 Å². The minimum Gasteiger partial charge on any atom is -0.501 e. The Morgan fingerprint density at radius 3 is 1.85 bits per heavy atom. The van der Waals surface area contributed by atoms with Gasteiger partial charge in [0.1, 0.15) is 12.7 Å². The van der Waals surface area contributed by atoms with Crippen LogP contribution in [0.1, 0.15) is 102 Å². The number of para-hydroxylation sites is 1. The van der Waals surface area contributed by atoms with Gasteiger partial charge in [0, 0.05) is 42.0 Å². The first kappa shape index (κ1) is 36.3. The molecular weight excluding hydrogens is 870 g/mol. The first-order valence-corrected chi connectivity index (χ1v) is 22.8. The van der Waals surface area contributed by atoms with Crippen molar-refractivity contribution in [3.63, 3.8) is 0 Å². The molecule has 2 heterocycles. The molecule has 1 radical (unpaired) electrons. The van der Waals surface area contributed by atoms with Gasteiger partial charge >= 0.3 is 0 Å². The molecule has 0 atom stereocenters. The van der Waals surface area contributed by atoms with E-state index in [1.807, 2.05) is 30.5 Å². The quantitative estimate of drug-likeness (QED) is 0.128. The van der Waals surface area contributed by atoms with Crippen molar-refractivity contribution in [1.29, 1.82) is 0 Å². The van der Waals surface area contributed by atoms with Crippen molar-refractivity contribution in [2.24, 2.45) is 35.5 Å². The summed E-state index contributed by atoms with van der Waals surface area (Å²) in [5, 5.41) is 5.98. The molecule has 8 saturated carbocycles. The molecule has 0 saturated heterocycles. The van der Waals surface area contributed by atoms with E-state index in [0.29, 0.717) is 5.92 Å². The van der Waals surface area contributed by atoms with Gasteiger partial charge in [0.2, 0.25) is 0 Å². The molecule has 4 aromatic carbocycles. The van der Waals surface area contributed by atoms with Gasteiger partial charge in [-0.05, 0) is 153 Å². The van der Waals surface area contributed by atoms with Gasteiger partial charge in [0.05, 0.1) is 5.58 Å². The number of nitrogens with zero attached hydrogens (tertiary/aromatic N) is 1. The van der Waals surface area contributed by atoms with Crippen LogP contribution in [0.5, 0.6) is 0 Å². The van der Waals surface area contributed by atoms with Gasteiger partial charge < -0.3 is 14.0 Å². The Labute approximate surface area is 340 Å². The van der Waals surface area contributed by atoms with Crippen molar-refractivity contribution < 1.29 is 29.1 Å². The molecular formula is C50H52IrNO2P-2. The third kappa shape index (κ3) is 5.66. The molecule has 8 aliphatic rings. The van der Waals surface area contributed by atoms with E-state index in [0.717, 1.165) is 74.1 Å². The van der Waals surface area contributed by atoms with Crippen LogP contribution in [-0.4, -0.2) is 15.3 Å². The van der Waals surface area contributed by atoms with Crippen molar-refractivity contribution in [1.82, 2.24) is 4.98 Å². The Kier molecular flexibility index (Phi) is 8.94. The predicted molar refractivity (Wildman–Crippen MR) is 222 cm³/mol. The number of hydrogen-bond donors (Lipinski definition) is 0. The van der Waals surface area contributed by atoms with Crippen LogP contribution in [0.15, 0.2) is 95.5 Å². The Morgan fingerprint density at radius 2 is 1.27 bits per heavy atom. The molecule has 0 unspecified atom stereocenters. The molecule has 0 aliphatic heterocycles. The Balaban J connectivity index is 0.000000133. The maximum Gasteiger partial charge on any atom is 0.120 e. The third-order valence-electron chi connectivity index (χ3n) is 15.4. The molecule has 0 N–H and O–H groups in total. The fourth-order valence-electron chi connectivity index (χ4n) is 14.1. The third-order valence-corrected chi connectivity index (χ3v) is 20.1. The summed E-state index contributed by atoms with van der Waals surface area (Å²) >= 11 is 0. The van der Waals surface area contributed by atoms with E-state index in [-0.39, 0.29) is 30.4 Å². The van der Waals surface area contributed by atoms with Gasteiger partial charge in [0.15, 0.2) is 0 Å². The van der Waals surface area contributed by atoms with Crippen molar-refractivity contribution in [3.05, 3.63) is 109 Å². The normalized spacial score (nSPS) is 32.4. The molecule has 285 valence electrons. The summed E-state index contributed by atoms with van der Waals surface area (Å²) < 4.78 is 22.1. The van der Waals surface area contributed by atoms with E-state index in [1.54, 1.807) is 0 Å². The topological polar surface area (TPSA) is 43.1 Å². The zero-order chi connectivity index (χ0) is 36.2. The first-order chi connectivity index (χ1) is 26.3. The SMILES string of the molecule is CC(C)c1ccc2c(-c3[c-]ccc4c3oc3ccccc34)nccc2c1.O=P(c1[c-]cccc1)(C12CC3CC(CC(C3)C1)C2)C12CC3CC(CC(C3)C1)C2.[Ir]. The van der Waals surface area contributed by atoms with E-state index < -0.39 is 7.14 Å². The molecule has 8 fully saturated rings. The van der Waals surface area contributed by atoms with Crippen LogP contribution in [0.25, 0.3) is 44.0 Å². The fraction of sp³-hybridized carbons (Fsp3) is 0.460. The Bertz CT molecular complexity index is 2330. The molecule has 0 amide bonds. The zero-order valence-electron chi connectivity index (χ0n) is 32.2. The van der Waals surface area contributed by atoms with Crippen molar-refractivity contribution >= 4 is 45.2 Å². The monoisotopic (exact) mass is 922 g/mol. The zero-order valence-corrected chi connectivity index (χ0v) is 35.5. The number of pyridine rings is 1. The van der Waals surface area contributed by atoms with Crippen LogP contribution in [0.2, 0.25) is 0 Å². The van der Waals surface area contributed by atoms with Gasteiger partial charge in [-0.1, -0.05) is 61.2 Å². The van der Waals surface area contributed by atoms with Crippen LogP contribution in [0, 0.1) is 47.6 Å². The van der Waals surface area contributed by atoms with Crippen molar-refractivity contribution in [2.75, 3.05) is 0 Å². The molecule has 0 spiro atoms. The second-order valence-corrected chi connectivity index (χ2v) is 22.7. The number of benzene rings is 4. The van der Waals surface area contributed by atoms with E-state index >= 15 is 4.57 Å². The molecule has 5 heteroatoms. The Morgan fingerprint density at radius 1 is 0.673 bits per heavy atom.